The van der Waals surface area contributed by atoms with Gasteiger partial charge in [0.2, 0.25) is 0 Å². The molecule has 0 aromatic carbocycles. The monoisotopic (exact) mass is 308 g/mol. The zero-order chi connectivity index (χ0) is 15.9. The third-order valence-corrected chi connectivity index (χ3v) is 9.40. The van der Waals surface area contributed by atoms with Gasteiger partial charge < -0.3 is 13.6 Å². The predicted molar refractivity (Wildman–Crippen MR) is 87.3 cm³/mol. The van der Waals surface area contributed by atoms with E-state index in [-0.39, 0.29) is 28.4 Å². The summed E-state index contributed by atoms with van der Waals surface area (Å²) in [6.07, 6.45) is 10.1. The lowest BCUT2D eigenvalue weighted by Crippen LogP contribution is -2.65. The minimum atomic E-state index is -2.41. The van der Waals surface area contributed by atoms with Crippen LogP contribution in [-0.2, 0) is 13.6 Å². The zero-order valence-corrected chi connectivity index (χ0v) is 15.1. The molecule has 0 saturated carbocycles. The molecule has 2 aliphatic rings. The molecule has 3 atom stereocenters. The Morgan fingerprint density at radius 1 is 1.14 bits per heavy atom. The molecule has 0 aromatic rings. The maximum absolute atomic E-state index is 6.59. The molecule has 118 valence electrons. The molecule has 2 rings (SSSR count). The highest BCUT2D eigenvalue weighted by Gasteiger charge is 2.62. The summed E-state index contributed by atoms with van der Waals surface area (Å²) in [5.41, 5.74) is 0. The quantitative estimate of drug-likeness (QED) is 0.419. The maximum atomic E-state index is 6.59. The minimum Gasteiger partial charge on any atom is -0.391 e. The summed E-state index contributed by atoms with van der Waals surface area (Å²) in [5.74, 6) is 2.65. The smallest absolute Gasteiger partial charge is 0.349 e. The number of hydrogen-bond acceptors (Lipinski definition) is 3. The van der Waals surface area contributed by atoms with Crippen molar-refractivity contribution in [1.82, 2.24) is 0 Å². The van der Waals surface area contributed by atoms with E-state index in [1.54, 1.807) is 0 Å². The fraction of sp³-hybridized carbons (Fsp3) is 0.765. The van der Waals surface area contributed by atoms with Crippen molar-refractivity contribution in [2.24, 2.45) is 0 Å². The Labute approximate surface area is 130 Å². The third-order valence-electron chi connectivity index (χ3n) is 4.28. The summed E-state index contributed by atoms with van der Waals surface area (Å²) < 4.78 is 19.0. The van der Waals surface area contributed by atoms with Crippen LogP contribution in [0, 0.1) is 12.3 Å². The summed E-state index contributed by atoms with van der Waals surface area (Å²) in [5, 5.41) is -0.000550. The lowest BCUT2D eigenvalue weighted by Gasteiger charge is -2.55. The van der Waals surface area contributed by atoms with Crippen molar-refractivity contribution in [3.05, 3.63) is 12.2 Å². The molecular formula is C17H28O3Si. The Morgan fingerprint density at radius 3 is 2.29 bits per heavy atom. The van der Waals surface area contributed by atoms with Crippen LogP contribution in [0.5, 0.6) is 0 Å². The molecule has 4 heteroatoms. The van der Waals surface area contributed by atoms with Gasteiger partial charge in [-0.25, -0.2) is 0 Å². The molecule has 0 aliphatic carbocycles. The predicted octanol–water partition coefficient (Wildman–Crippen LogP) is 3.79. The first-order valence-corrected chi connectivity index (χ1v) is 9.51. The van der Waals surface area contributed by atoms with Crippen LogP contribution in [0.15, 0.2) is 12.2 Å². The summed E-state index contributed by atoms with van der Waals surface area (Å²) >= 11 is 0. The van der Waals surface area contributed by atoms with Crippen LogP contribution in [0.1, 0.15) is 48.0 Å². The lowest BCUT2D eigenvalue weighted by atomic mass is 10.1. The number of rotatable bonds is 1. The molecule has 0 spiro atoms. The van der Waals surface area contributed by atoms with Crippen molar-refractivity contribution < 1.29 is 13.6 Å². The molecule has 2 heterocycles. The largest absolute Gasteiger partial charge is 0.391 e. The summed E-state index contributed by atoms with van der Waals surface area (Å²) in [7, 11) is -2.41. The van der Waals surface area contributed by atoms with E-state index in [4.69, 9.17) is 20.0 Å². The average Bonchev–Trinajstić information content (AvgIpc) is 2.35. The summed E-state index contributed by atoms with van der Waals surface area (Å²) in [6.45, 7) is 13.9. The van der Waals surface area contributed by atoms with Crippen molar-refractivity contribution in [3.8, 4) is 12.3 Å². The summed E-state index contributed by atoms with van der Waals surface area (Å²) in [6, 6.07) is 0. The lowest BCUT2D eigenvalue weighted by molar-refractivity contribution is -0.114. The van der Waals surface area contributed by atoms with E-state index in [2.05, 4.69) is 53.5 Å². The number of fused-ring (bicyclic) bond motifs is 1. The molecule has 2 aliphatic heterocycles. The Bertz CT molecular complexity index is 436. The summed E-state index contributed by atoms with van der Waals surface area (Å²) in [4.78, 5) is 0. The SMILES string of the molecule is C#CC[C@@H]1C=C[C@@H]2O[Si](C(C)(C)C)(C(C)(C)C)OC[C@H]2O1. The van der Waals surface area contributed by atoms with Gasteiger partial charge in [-0.1, -0.05) is 53.7 Å². The highest BCUT2D eigenvalue weighted by atomic mass is 28.4. The van der Waals surface area contributed by atoms with Gasteiger partial charge in [-0.05, 0) is 0 Å². The second-order valence-electron chi connectivity index (χ2n) is 8.02. The van der Waals surface area contributed by atoms with Gasteiger partial charge in [-0.15, -0.1) is 12.3 Å². The molecule has 0 amide bonds. The normalized spacial score (nSPS) is 32.3. The van der Waals surface area contributed by atoms with Crippen LogP contribution < -0.4 is 0 Å². The van der Waals surface area contributed by atoms with Crippen molar-refractivity contribution >= 4 is 8.56 Å². The molecule has 1 fully saturated rings. The van der Waals surface area contributed by atoms with Gasteiger partial charge in [-0.2, -0.15) is 0 Å². The molecular weight excluding hydrogens is 280 g/mol. The third kappa shape index (κ3) is 2.98. The van der Waals surface area contributed by atoms with Crippen molar-refractivity contribution in [2.75, 3.05) is 6.61 Å². The van der Waals surface area contributed by atoms with Gasteiger partial charge >= 0.3 is 8.56 Å². The van der Waals surface area contributed by atoms with Crippen molar-refractivity contribution in [2.45, 2.75) is 76.4 Å². The molecule has 0 N–H and O–H groups in total. The van der Waals surface area contributed by atoms with E-state index >= 15 is 0 Å². The average molecular weight is 308 g/mol. The van der Waals surface area contributed by atoms with E-state index in [1.165, 1.54) is 0 Å². The second-order valence-corrected chi connectivity index (χ2v) is 12.8. The zero-order valence-electron chi connectivity index (χ0n) is 14.1. The highest BCUT2D eigenvalue weighted by molar-refractivity contribution is 6.73. The molecule has 3 nitrogen and oxygen atoms in total. The first kappa shape index (κ1) is 16.8. The van der Waals surface area contributed by atoms with Crippen LogP contribution >= 0.6 is 0 Å². The van der Waals surface area contributed by atoms with Crippen molar-refractivity contribution in [1.29, 1.82) is 0 Å². The first-order valence-electron chi connectivity index (χ1n) is 7.70. The number of hydrogen-bond donors (Lipinski definition) is 0. The highest BCUT2D eigenvalue weighted by Crippen LogP contribution is 2.54. The second kappa shape index (κ2) is 5.55. The van der Waals surface area contributed by atoms with Gasteiger partial charge in [0.1, 0.15) is 6.10 Å². The molecule has 1 saturated heterocycles. The van der Waals surface area contributed by atoms with Gasteiger partial charge in [0.25, 0.3) is 0 Å². The van der Waals surface area contributed by atoms with E-state index in [0.717, 1.165) is 0 Å². The van der Waals surface area contributed by atoms with E-state index in [0.29, 0.717) is 13.0 Å². The Hall–Kier alpha value is -0.603. The van der Waals surface area contributed by atoms with E-state index in [1.807, 2.05) is 6.08 Å². The Balaban J connectivity index is 2.25. The Kier molecular flexibility index (Phi) is 4.43. The number of ether oxygens (including phenoxy) is 1. The molecule has 0 unspecified atom stereocenters. The van der Waals surface area contributed by atoms with Gasteiger partial charge in [0.05, 0.1) is 18.8 Å². The first-order chi connectivity index (χ1) is 9.61. The molecule has 0 radical (unpaired) electrons. The van der Waals surface area contributed by atoms with Gasteiger partial charge in [0.15, 0.2) is 0 Å². The molecule has 0 aromatic heterocycles. The van der Waals surface area contributed by atoms with E-state index < -0.39 is 8.56 Å². The molecule has 0 bridgehead atoms. The van der Waals surface area contributed by atoms with Crippen LogP contribution in [0.3, 0.4) is 0 Å². The van der Waals surface area contributed by atoms with Crippen LogP contribution in [0.25, 0.3) is 0 Å². The number of terminal acetylenes is 1. The van der Waals surface area contributed by atoms with Gasteiger partial charge in [-0.3, -0.25) is 0 Å². The standard InChI is InChI=1S/C17H28O3Si/c1-8-9-13-10-11-14-15(19-13)12-18-21(20-14,16(2,3)4)17(5,6)7/h1,10-11,13-15H,9,12H2,2-7H3/t13-,14+,15-/m1/s1. The maximum Gasteiger partial charge on any atom is 0.349 e. The fourth-order valence-corrected chi connectivity index (χ4v) is 8.43. The van der Waals surface area contributed by atoms with Crippen LogP contribution in [-0.4, -0.2) is 33.5 Å². The van der Waals surface area contributed by atoms with E-state index in [9.17, 15) is 0 Å². The molecule has 21 heavy (non-hydrogen) atoms. The van der Waals surface area contributed by atoms with Crippen molar-refractivity contribution in [3.63, 3.8) is 0 Å². The van der Waals surface area contributed by atoms with Gasteiger partial charge in [0, 0.05) is 16.5 Å². The van der Waals surface area contributed by atoms with Crippen LogP contribution in [0.4, 0.5) is 0 Å². The minimum absolute atomic E-state index is 0.000275. The fourth-order valence-electron chi connectivity index (χ4n) is 3.52. The van der Waals surface area contributed by atoms with Crippen LogP contribution in [0.2, 0.25) is 10.1 Å². The Morgan fingerprint density at radius 2 is 1.76 bits per heavy atom. The topological polar surface area (TPSA) is 27.7 Å².